The fourth-order valence-electron chi connectivity index (χ4n) is 5.20. The standard InChI is InChI=1S/C26H66N2O5Si7/c1-18-27(19-2)26(28(20-3)21-4)34-22-23-36(8,9)30-38(12,13)32-40(16,17)33-39(14,15)31-37(10,11)25(7)35-29-24(5)6/h24-26H,18-23H2,1-17H3. The lowest BCUT2D eigenvalue weighted by molar-refractivity contribution is 0.115. The van der Waals surface area contributed by atoms with Gasteiger partial charge in [0.2, 0.25) is 9.76 Å². The molecule has 0 N–H and O–H groups in total. The molecule has 0 heterocycles. The Morgan fingerprint density at radius 3 is 1.40 bits per heavy atom. The van der Waals surface area contributed by atoms with Crippen molar-refractivity contribution in [2.45, 2.75) is 143 Å². The summed E-state index contributed by atoms with van der Waals surface area (Å²) in [6.45, 7) is 42.4. The van der Waals surface area contributed by atoms with E-state index >= 15 is 0 Å². The van der Waals surface area contributed by atoms with Crippen LogP contribution in [0.5, 0.6) is 0 Å². The topological polar surface area (TPSA) is 52.6 Å². The Labute approximate surface area is 260 Å². The van der Waals surface area contributed by atoms with Crippen LogP contribution >= 0.6 is 0 Å². The van der Waals surface area contributed by atoms with Crippen LogP contribution < -0.4 is 0 Å². The molecule has 0 aromatic heterocycles. The molecule has 4 radical (unpaired) electrons. The van der Waals surface area contributed by atoms with Gasteiger partial charge in [0.25, 0.3) is 0 Å². The maximum absolute atomic E-state index is 6.93. The van der Waals surface area contributed by atoms with E-state index in [9.17, 15) is 0 Å². The van der Waals surface area contributed by atoms with Gasteiger partial charge in [0, 0.05) is 11.9 Å². The van der Waals surface area contributed by atoms with Gasteiger partial charge in [-0.15, -0.1) is 0 Å². The number of hydrogen-bond acceptors (Lipinski definition) is 7. The number of rotatable bonds is 22. The molecule has 40 heavy (non-hydrogen) atoms. The molecule has 0 aromatic rings. The summed E-state index contributed by atoms with van der Waals surface area (Å²) in [7, 11) is -9.79. The SMILES string of the molecule is CCN(CC)C([Si]CC[Si](C)(C)O[Si](C)(C)O[Si](C)(C)O[Si](C)(C)O[Si](C)(C)C(C)[Si]OC(C)C)N(CC)CC. The Morgan fingerprint density at radius 1 is 0.600 bits per heavy atom. The third-order valence-electron chi connectivity index (χ3n) is 6.91. The first-order valence-corrected chi connectivity index (χ1v) is 32.3. The molecule has 0 aromatic carbocycles. The second-order valence-electron chi connectivity index (χ2n) is 13.5. The molecular weight excluding hydrogens is 617 g/mol. The molecular formula is C26H66N2O5Si7. The third-order valence-corrected chi connectivity index (χ3v) is 32.1. The Balaban J connectivity index is 5.22. The zero-order chi connectivity index (χ0) is 31.6. The van der Waals surface area contributed by atoms with Crippen LogP contribution in [0.3, 0.4) is 0 Å². The van der Waals surface area contributed by atoms with Crippen LogP contribution in [0.15, 0.2) is 0 Å². The van der Waals surface area contributed by atoms with Crippen LogP contribution in [0.1, 0.15) is 48.5 Å². The minimum absolute atomic E-state index is 0.249. The Kier molecular flexibility index (Phi) is 18.2. The third kappa shape index (κ3) is 16.3. The molecule has 0 bridgehead atoms. The van der Waals surface area contributed by atoms with E-state index in [1.165, 1.54) is 6.04 Å². The maximum atomic E-state index is 6.93. The smallest absolute Gasteiger partial charge is 0.314 e. The van der Waals surface area contributed by atoms with Crippen molar-refractivity contribution in [2.24, 2.45) is 0 Å². The highest BCUT2D eigenvalue weighted by molar-refractivity contribution is 6.92. The highest BCUT2D eigenvalue weighted by Crippen LogP contribution is 2.30. The summed E-state index contributed by atoms with van der Waals surface area (Å²) in [4.78, 5) is 5.23. The van der Waals surface area contributed by atoms with Crippen molar-refractivity contribution in [3.8, 4) is 0 Å². The van der Waals surface area contributed by atoms with Gasteiger partial charge in [0.1, 0.15) is 0 Å². The van der Waals surface area contributed by atoms with E-state index in [0.29, 0.717) is 20.7 Å². The molecule has 0 spiro atoms. The van der Waals surface area contributed by atoms with Gasteiger partial charge in [-0.3, -0.25) is 9.80 Å². The molecule has 0 fully saturated rings. The van der Waals surface area contributed by atoms with E-state index in [0.717, 1.165) is 41.7 Å². The predicted octanol–water partition coefficient (Wildman–Crippen LogP) is 7.05. The summed E-state index contributed by atoms with van der Waals surface area (Å²) in [6, 6.07) is 2.37. The van der Waals surface area contributed by atoms with Crippen molar-refractivity contribution in [1.29, 1.82) is 0 Å². The van der Waals surface area contributed by atoms with E-state index in [1.807, 2.05) is 0 Å². The zero-order valence-electron chi connectivity index (χ0n) is 29.4. The first kappa shape index (κ1) is 41.2. The van der Waals surface area contributed by atoms with Crippen LogP contribution in [-0.2, 0) is 20.9 Å². The highest BCUT2D eigenvalue weighted by atomic mass is 28.5. The van der Waals surface area contributed by atoms with Crippen molar-refractivity contribution in [2.75, 3.05) is 26.2 Å². The van der Waals surface area contributed by atoms with Gasteiger partial charge >= 0.3 is 25.7 Å². The molecule has 0 rings (SSSR count). The second-order valence-corrected chi connectivity index (χ2v) is 36.6. The van der Waals surface area contributed by atoms with E-state index < -0.39 is 42.3 Å². The fraction of sp³-hybridized carbons (Fsp3) is 1.00. The van der Waals surface area contributed by atoms with Crippen molar-refractivity contribution >= 4 is 61.6 Å². The van der Waals surface area contributed by atoms with Crippen LogP contribution in [0.4, 0.5) is 0 Å². The molecule has 0 amide bonds. The molecule has 0 aliphatic rings. The quantitative estimate of drug-likeness (QED) is 0.0896. The summed E-state index contributed by atoms with van der Waals surface area (Å²) in [5, 5.41) is 0.417. The van der Waals surface area contributed by atoms with Crippen LogP contribution in [0.2, 0.25) is 82.7 Å². The normalized spacial score (nSPS) is 15.2. The molecule has 7 nitrogen and oxygen atoms in total. The average molecular weight is 683 g/mol. The Morgan fingerprint density at radius 2 is 1.00 bits per heavy atom. The summed E-state index contributed by atoms with van der Waals surface area (Å²) in [6.07, 6.45) is 0.249. The van der Waals surface area contributed by atoms with Gasteiger partial charge in [-0.05, 0) is 117 Å². The first-order valence-electron chi connectivity index (χ1n) is 15.5. The lowest BCUT2D eigenvalue weighted by Gasteiger charge is -2.43. The molecule has 238 valence electrons. The zero-order valence-corrected chi connectivity index (χ0v) is 36.4. The van der Waals surface area contributed by atoms with Crippen molar-refractivity contribution in [3.63, 3.8) is 0 Å². The van der Waals surface area contributed by atoms with Gasteiger partial charge < -0.3 is 20.9 Å². The van der Waals surface area contributed by atoms with E-state index in [1.54, 1.807) is 0 Å². The number of hydrogen-bond donors (Lipinski definition) is 0. The minimum Gasteiger partial charge on any atom is -0.436 e. The Bertz CT molecular complexity index is 695. The van der Waals surface area contributed by atoms with Crippen molar-refractivity contribution in [3.05, 3.63) is 0 Å². The largest absolute Gasteiger partial charge is 0.436 e. The summed E-state index contributed by atoms with van der Waals surface area (Å²) in [5.41, 5.74) is 0. The van der Waals surface area contributed by atoms with Crippen molar-refractivity contribution < 1.29 is 20.9 Å². The molecule has 0 aliphatic carbocycles. The summed E-state index contributed by atoms with van der Waals surface area (Å²) in [5.74, 6) is 0.538. The maximum Gasteiger partial charge on any atom is 0.314 e. The van der Waals surface area contributed by atoms with Gasteiger partial charge in [0.05, 0.1) is 9.52 Å². The molecule has 0 saturated heterocycles. The lowest BCUT2D eigenvalue weighted by atomic mass is 10.5. The molecule has 1 unspecified atom stereocenters. The van der Waals surface area contributed by atoms with E-state index in [-0.39, 0.29) is 6.10 Å². The summed E-state index contributed by atoms with van der Waals surface area (Å²) >= 11 is 0. The van der Waals surface area contributed by atoms with E-state index in [4.69, 9.17) is 20.9 Å². The molecule has 1 atom stereocenters. The van der Waals surface area contributed by atoms with Gasteiger partial charge in [0.15, 0.2) is 16.6 Å². The number of nitrogens with zero attached hydrogens (tertiary/aromatic N) is 2. The van der Waals surface area contributed by atoms with Crippen LogP contribution in [-0.4, -0.2) is 109 Å². The lowest BCUT2D eigenvalue weighted by Crippen LogP contribution is -2.59. The highest BCUT2D eigenvalue weighted by Gasteiger charge is 2.46. The monoisotopic (exact) mass is 682 g/mol. The van der Waals surface area contributed by atoms with Crippen LogP contribution in [0.25, 0.3) is 0 Å². The van der Waals surface area contributed by atoms with E-state index in [2.05, 4.69) is 124 Å². The summed E-state index contributed by atoms with van der Waals surface area (Å²) < 4.78 is 33.3. The second kappa shape index (κ2) is 17.7. The van der Waals surface area contributed by atoms with Gasteiger partial charge in [-0.25, -0.2) is 0 Å². The Hall–Kier alpha value is 1.24. The molecule has 14 heteroatoms. The van der Waals surface area contributed by atoms with Gasteiger partial charge in [-0.1, -0.05) is 40.7 Å². The average Bonchev–Trinajstić information content (AvgIpc) is 2.75. The molecule has 0 aliphatic heterocycles. The van der Waals surface area contributed by atoms with Crippen LogP contribution in [0, 0.1) is 0 Å². The van der Waals surface area contributed by atoms with Crippen molar-refractivity contribution in [1.82, 2.24) is 9.80 Å². The van der Waals surface area contributed by atoms with Gasteiger partial charge in [-0.2, -0.15) is 0 Å². The fourth-order valence-corrected chi connectivity index (χ4v) is 34.6. The molecule has 0 saturated carbocycles. The first-order chi connectivity index (χ1) is 18.1. The predicted molar refractivity (Wildman–Crippen MR) is 188 cm³/mol. The minimum atomic E-state index is -2.47.